The van der Waals surface area contributed by atoms with Crippen LogP contribution in [-0.4, -0.2) is 69.3 Å². The zero-order valence-corrected chi connectivity index (χ0v) is 23.8. The fraction of sp³-hybridized carbons (Fsp3) is 0.353. The predicted octanol–water partition coefficient (Wildman–Crippen LogP) is -7.99. The Bertz CT molecular complexity index is 390. The van der Waals surface area contributed by atoms with Crippen LogP contribution in [0, 0.1) is 12.5 Å². The number of pyridine rings is 2. The second kappa shape index (κ2) is 42.1. The summed E-state index contributed by atoms with van der Waals surface area (Å²) in [5.74, 6) is 0. The first-order valence-electron chi connectivity index (χ1n) is 6.94. The first kappa shape index (κ1) is 46.9. The van der Waals surface area contributed by atoms with E-state index in [-0.39, 0.29) is 107 Å². The summed E-state index contributed by atoms with van der Waals surface area (Å²) in [5, 5.41) is 0. The molecule has 0 aliphatic carbocycles. The molecule has 0 N–H and O–H groups in total. The van der Waals surface area contributed by atoms with Gasteiger partial charge in [0, 0.05) is 30.1 Å². The van der Waals surface area contributed by atoms with Crippen LogP contribution in [0.5, 0.6) is 0 Å². The first-order valence-corrected chi connectivity index (χ1v) is 7.73. The average Bonchev–Trinajstić information content (AvgIpc) is 3.11. The van der Waals surface area contributed by atoms with Crippen molar-refractivity contribution in [2.24, 2.45) is 0 Å². The van der Waals surface area contributed by atoms with Gasteiger partial charge in [0.15, 0.2) is 0 Å². The Morgan fingerprint density at radius 1 is 1.04 bits per heavy atom. The molecule has 3 nitrogen and oxygen atoms in total. The molecule has 3 rings (SSSR count). The monoisotopic (exact) mass is 554 g/mol. The number of hydrogen-bond acceptors (Lipinski definition) is 3. The summed E-state index contributed by atoms with van der Waals surface area (Å²) in [7, 11) is 0. The molecule has 0 amide bonds. The Kier molecular flexibility index (Phi) is 73.2. The Labute approximate surface area is 240 Å². The van der Waals surface area contributed by atoms with Crippen molar-refractivity contribution in [2.75, 3.05) is 13.2 Å². The number of halogens is 4. The van der Waals surface area contributed by atoms with Crippen LogP contribution in [0.4, 0.5) is 0 Å². The molecule has 2 aromatic heterocycles. The molecular weight excluding hydrogens is 534 g/mol. The fourth-order valence-corrected chi connectivity index (χ4v) is 1.40. The molecule has 0 unspecified atom stereocenters. The molecule has 0 bridgehead atoms. The molecule has 0 radical (unpaired) electrons. The molecule has 0 atom stereocenters. The minimum atomic E-state index is 0. The summed E-state index contributed by atoms with van der Waals surface area (Å²) in [6.07, 6.45) is 11.4. The van der Waals surface area contributed by atoms with Crippen molar-refractivity contribution in [3.05, 3.63) is 66.0 Å². The van der Waals surface area contributed by atoms with Crippen LogP contribution >= 0.6 is 15.9 Å². The van der Waals surface area contributed by atoms with Crippen LogP contribution in [0.25, 0.3) is 0 Å². The molecule has 0 aromatic carbocycles. The van der Waals surface area contributed by atoms with Gasteiger partial charge in [-0.05, 0) is 40.9 Å². The number of ether oxygens (including phenoxy) is 1. The zero-order valence-electron chi connectivity index (χ0n) is 16.3. The Hall–Kier alpha value is 1.93. The molecule has 10 heteroatoms. The molecule has 1 aliphatic rings. The largest absolute Gasteiger partial charge is 2.00 e. The molecule has 3 heterocycles. The van der Waals surface area contributed by atoms with E-state index < -0.39 is 0 Å². The number of hydrogen-bond donors (Lipinski definition) is 0. The zero-order chi connectivity index (χ0) is 15.6. The minimum absolute atomic E-state index is 0. The van der Waals surface area contributed by atoms with Gasteiger partial charge in [-0.15, -0.1) is 0 Å². The summed E-state index contributed by atoms with van der Waals surface area (Å²) in [4.78, 5) is 7.57. The SMILES string of the molecule is Brc1cccnc1.C1CCOC1.C[CH-]C.[Br-].[Cl-].[Cl-].[Li+].[Mg+2].[Mg+2].[c-]1cccnc1. The van der Waals surface area contributed by atoms with Gasteiger partial charge < -0.3 is 57.9 Å². The second-order valence-electron chi connectivity index (χ2n) is 4.02. The summed E-state index contributed by atoms with van der Waals surface area (Å²) >= 11 is 3.25. The van der Waals surface area contributed by atoms with E-state index in [1.165, 1.54) is 12.8 Å². The normalized spacial score (nSPS) is 9.15. The van der Waals surface area contributed by atoms with E-state index in [1.54, 1.807) is 24.8 Å². The molecule has 0 spiro atoms. The van der Waals surface area contributed by atoms with Gasteiger partial charge in [-0.3, -0.25) is 4.98 Å². The maximum absolute atomic E-state index is 4.94. The molecule has 1 fully saturated rings. The van der Waals surface area contributed by atoms with E-state index in [4.69, 9.17) is 4.74 Å². The summed E-state index contributed by atoms with van der Waals surface area (Å²) in [5.41, 5.74) is 0. The van der Waals surface area contributed by atoms with Crippen molar-refractivity contribution in [3.8, 4) is 0 Å². The predicted molar refractivity (Wildman–Crippen MR) is 102 cm³/mol. The van der Waals surface area contributed by atoms with Gasteiger partial charge in [0.05, 0.1) is 0 Å². The van der Waals surface area contributed by atoms with E-state index in [0.29, 0.717) is 0 Å². The second-order valence-corrected chi connectivity index (χ2v) is 4.94. The smallest absolute Gasteiger partial charge is 1.00 e. The van der Waals surface area contributed by atoms with Crippen molar-refractivity contribution in [1.82, 2.24) is 9.97 Å². The molecule has 1 saturated heterocycles. The van der Waals surface area contributed by atoms with Crippen LogP contribution in [0.2, 0.25) is 0 Å². The number of aromatic nitrogens is 2. The van der Waals surface area contributed by atoms with Gasteiger partial charge in [-0.1, -0.05) is 12.4 Å². The van der Waals surface area contributed by atoms with E-state index in [1.807, 2.05) is 44.5 Å². The quantitative estimate of drug-likeness (QED) is 0.239. The van der Waals surface area contributed by atoms with Gasteiger partial charge in [0.1, 0.15) is 0 Å². The molecule has 1 aliphatic heterocycles. The van der Waals surface area contributed by atoms with Crippen LogP contribution in [0.3, 0.4) is 0 Å². The first-order chi connectivity index (χ1) is 10.3. The maximum Gasteiger partial charge on any atom is 2.00 e. The molecule has 2 aromatic rings. The summed E-state index contributed by atoms with van der Waals surface area (Å²) < 4.78 is 5.97. The summed E-state index contributed by atoms with van der Waals surface area (Å²) in [6, 6.07) is 10.2. The maximum atomic E-state index is 4.94. The third-order valence-corrected chi connectivity index (χ3v) is 2.44. The van der Waals surface area contributed by atoms with E-state index in [0.717, 1.165) is 17.7 Å². The Morgan fingerprint density at radius 3 is 1.70 bits per heavy atom. The standard InChI is InChI=1S/C5H4BrN.C5H4N.C4H8O.C3H7.BrH.2ClH.Li.2Mg/c6-5-2-1-3-7-4-5;1-2-4-6-5-3-1;1-2-4-5-3-1;1-3-2;;;;;;/h1-4H;1-2,4-5H;1-4H2;3H,1-2H3;3*1H;;;/q;-1;;-1;;;;+1;2*+2/p-3. The van der Waals surface area contributed by atoms with Crippen molar-refractivity contribution in [2.45, 2.75) is 26.7 Å². The topological polar surface area (TPSA) is 35.0 Å². The number of rotatable bonds is 0. The fourth-order valence-electron chi connectivity index (χ4n) is 1.13. The Morgan fingerprint density at radius 2 is 1.56 bits per heavy atom. The third kappa shape index (κ3) is 42.9. The van der Waals surface area contributed by atoms with E-state index >= 15 is 0 Å². The molecule has 0 saturated carbocycles. The van der Waals surface area contributed by atoms with Crippen LogP contribution in [-0.2, 0) is 4.74 Å². The van der Waals surface area contributed by atoms with Gasteiger partial charge in [-0.25, -0.2) is 12.1 Å². The molecular formula is C17H23Br2Cl2LiMg2N2O. The summed E-state index contributed by atoms with van der Waals surface area (Å²) in [6.45, 7) is 6.00. The van der Waals surface area contributed by atoms with Crippen molar-refractivity contribution in [1.29, 1.82) is 0 Å². The van der Waals surface area contributed by atoms with Crippen LogP contribution in [0.1, 0.15) is 26.7 Å². The van der Waals surface area contributed by atoms with Gasteiger partial charge in [0.2, 0.25) is 0 Å². The third-order valence-electron chi connectivity index (χ3n) is 1.97. The van der Waals surface area contributed by atoms with E-state index in [9.17, 15) is 0 Å². The van der Waals surface area contributed by atoms with Crippen molar-refractivity contribution >= 4 is 62.0 Å². The van der Waals surface area contributed by atoms with Crippen molar-refractivity contribution in [3.63, 3.8) is 0 Å². The molecule has 140 valence electrons. The molecule has 27 heavy (non-hydrogen) atoms. The van der Waals surface area contributed by atoms with Crippen LogP contribution in [0.15, 0.2) is 53.5 Å². The van der Waals surface area contributed by atoms with Crippen molar-refractivity contribution < 1.29 is 65.4 Å². The van der Waals surface area contributed by atoms with Crippen LogP contribution < -0.4 is 60.7 Å². The van der Waals surface area contributed by atoms with E-state index in [2.05, 4.69) is 32.0 Å². The minimum Gasteiger partial charge on any atom is -1.00 e. The average molecular weight is 558 g/mol. The van der Waals surface area contributed by atoms with Gasteiger partial charge in [-0.2, -0.15) is 19.9 Å². The Balaban J connectivity index is -0.0000000379. The van der Waals surface area contributed by atoms with Gasteiger partial charge >= 0.3 is 65.0 Å². The van der Waals surface area contributed by atoms with Gasteiger partial charge in [0.25, 0.3) is 0 Å². The number of nitrogens with zero attached hydrogens (tertiary/aromatic N) is 2.